The van der Waals surface area contributed by atoms with Gasteiger partial charge in [0.15, 0.2) is 5.65 Å². The lowest BCUT2D eigenvalue weighted by molar-refractivity contribution is -0.140. The van der Waals surface area contributed by atoms with Gasteiger partial charge in [0.1, 0.15) is 23.4 Å². The number of hydrogen-bond donors (Lipinski definition) is 0. The molecule has 3 heterocycles. The van der Waals surface area contributed by atoms with Crippen molar-refractivity contribution in [3.8, 4) is 0 Å². The number of carbonyl (C=O) groups excluding carboxylic acids is 2. The molecule has 9 nitrogen and oxygen atoms in total. The molecule has 39 heavy (non-hydrogen) atoms. The van der Waals surface area contributed by atoms with Gasteiger partial charge in [-0.05, 0) is 51.0 Å². The van der Waals surface area contributed by atoms with Crippen molar-refractivity contribution in [1.29, 1.82) is 0 Å². The molecule has 4 rings (SSSR count). The molecular weight excluding hydrogens is 525 g/mol. The molecule has 210 valence electrons. The zero-order chi connectivity index (χ0) is 28.5. The van der Waals surface area contributed by atoms with Crippen LogP contribution in [0.3, 0.4) is 0 Å². The van der Waals surface area contributed by atoms with Crippen LogP contribution in [0.5, 0.6) is 0 Å². The fraction of sp³-hybridized carbons (Fsp3) is 0.480. The topological polar surface area (TPSA) is 87.5 Å². The second-order valence-electron chi connectivity index (χ2n) is 9.38. The number of nitrogens with zero attached hydrogens (tertiary/aromatic N) is 7. The van der Waals surface area contributed by atoms with E-state index in [1.54, 1.807) is 13.8 Å². The van der Waals surface area contributed by atoms with Crippen molar-refractivity contribution in [2.75, 3.05) is 36.5 Å². The predicted octanol–water partition coefficient (Wildman–Crippen LogP) is 3.90. The van der Waals surface area contributed by atoms with Crippen LogP contribution < -0.4 is 9.80 Å². The van der Waals surface area contributed by atoms with Gasteiger partial charge in [0.05, 0.1) is 17.5 Å². The molecule has 0 unspecified atom stereocenters. The van der Waals surface area contributed by atoms with Gasteiger partial charge in [-0.2, -0.15) is 18.3 Å². The standard InChI is InChI=1S/C25H28F5N7O2/c1-4-36(15-38)24(23(39)34(3)18-7-5-17(6-8-18)25(28,29)30)9-11-35(12-10-24)20-13-31-21-16(2)33-37(14-19(26)27)22(21)32-20/h5-8,13,15,19H,4,9-12,14H2,1-3H3. The number of carbonyl (C=O) groups is 2. The molecule has 1 aromatic carbocycles. The minimum absolute atomic E-state index is 0.207. The number of rotatable bonds is 8. The normalized spacial score (nSPS) is 15.6. The van der Waals surface area contributed by atoms with Crippen LogP contribution in [-0.2, 0) is 22.3 Å². The van der Waals surface area contributed by atoms with Crippen LogP contribution in [0.15, 0.2) is 30.5 Å². The van der Waals surface area contributed by atoms with Crippen LogP contribution in [-0.4, -0.2) is 75.6 Å². The number of hydrogen-bond acceptors (Lipinski definition) is 6. The molecule has 1 saturated heterocycles. The average molecular weight is 554 g/mol. The lowest BCUT2D eigenvalue weighted by Gasteiger charge is -2.47. The highest BCUT2D eigenvalue weighted by molar-refractivity contribution is 6.01. The molecule has 2 amide bonds. The number of likely N-dealkylation sites (N-methyl/N-ethyl adjacent to an activating group) is 2. The molecule has 0 bridgehead atoms. The molecule has 0 aliphatic carbocycles. The second-order valence-corrected chi connectivity index (χ2v) is 9.38. The van der Waals surface area contributed by atoms with Crippen LogP contribution in [0.1, 0.15) is 31.0 Å². The molecule has 2 aromatic heterocycles. The lowest BCUT2D eigenvalue weighted by atomic mass is 9.84. The minimum Gasteiger partial charge on any atom is -0.355 e. The molecule has 14 heteroatoms. The number of alkyl halides is 5. The fourth-order valence-electron chi connectivity index (χ4n) is 5.00. The molecule has 0 radical (unpaired) electrons. The monoisotopic (exact) mass is 553 g/mol. The molecular formula is C25H28F5N7O2. The van der Waals surface area contributed by atoms with E-state index in [9.17, 15) is 31.5 Å². The number of piperidine rings is 1. The summed E-state index contributed by atoms with van der Waals surface area (Å²) in [4.78, 5) is 39.2. The van der Waals surface area contributed by atoms with Gasteiger partial charge in [-0.25, -0.2) is 23.4 Å². The Hall–Kier alpha value is -3.84. The molecule has 0 N–H and O–H groups in total. The largest absolute Gasteiger partial charge is 0.416 e. The number of benzene rings is 1. The Kier molecular flexibility index (Phi) is 7.75. The Morgan fingerprint density at radius 2 is 1.82 bits per heavy atom. The van der Waals surface area contributed by atoms with Gasteiger partial charge >= 0.3 is 6.18 Å². The number of aromatic nitrogens is 4. The molecule has 1 aliphatic heterocycles. The first kappa shape index (κ1) is 28.2. The highest BCUT2D eigenvalue weighted by Gasteiger charge is 2.47. The molecule has 0 atom stereocenters. The summed E-state index contributed by atoms with van der Waals surface area (Å²) >= 11 is 0. The average Bonchev–Trinajstić information content (AvgIpc) is 3.22. The molecule has 0 spiro atoms. The van der Waals surface area contributed by atoms with Gasteiger partial charge in [-0.1, -0.05) is 0 Å². The Balaban J connectivity index is 1.59. The maximum atomic E-state index is 13.8. The SMILES string of the molecule is CCN(C=O)C1(C(=O)N(C)c2ccc(C(F)(F)F)cc2)CCN(c2cnc3c(C)nn(CC(F)F)c3n2)CC1. The van der Waals surface area contributed by atoms with Gasteiger partial charge in [0, 0.05) is 32.4 Å². The highest BCUT2D eigenvalue weighted by atomic mass is 19.4. The summed E-state index contributed by atoms with van der Waals surface area (Å²) in [6.07, 6.45) is -4.59. The maximum Gasteiger partial charge on any atom is 0.416 e. The van der Waals surface area contributed by atoms with Crippen molar-refractivity contribution < 1.29 is 31.5 Å². The van der Waals surface area contributed by atoms with E-state index in [0.29, 0.717) is 36.5 Å². The maximum absolute atomic E-state index is 13.8. The third-order valence-corrected chi connectivity index (χ3v) is 7.13. The van der Waals surface area contributed by atoms with E-state index in [-0.39, 0.29) is 30.7 Å². The van der Waals surface area contributed by atoms with E-state index >= 15 is 0 Å². The van der Waals surface area contributed by atoms with Crippen LogP contribution in [0.4, 0.5) is 33.5 Å². The summed E-state index contributed by atoms with van der Waals surface area (Å²) in [7, 11) is 1.46. The summed E-state index contributed by atoms with van der Waals surface area (Å²) in [6.45, 7) is 3.60. The number of amides is 2. The van der Waals surface area contributed by atoms with E-state index in [4.69, 9.17) is 0 Å². The van der Waals surface area contributed by atoms with Crippen molar-refractivity contribution in [2.45, 2.75) is 51.4 Å². The van der Waals surface area contributed by atoms with E-state index in [1.165, 1.54) is 35.2 Å². The third-order valence-electron chi connectivity index (χ3n) is 7.13. The highest BCUT2D eigenvalue weighted by Crippen LogP contribution is 2.35. The minimum atomic E-state index is -4.51. The smallest absolute Gasteiger partial charge is 0.355 e. The van der Waals surface area contributed by atoms with Crippen molar-refractivity contribution in [1.82, 2.24) is 24.6 Å². The first-order chi connectivity index (χ1) is 18.4. The summed E-state index contributed by atoms with van der Waals surface area (Å²) in [6, 6.07) is 4.24. The van der Waals surface area contributed by atoms with E-state index in [1.807, 2.05) is 4.90 Å². The van der Waals surface area contributed by atoms with Crippen molar-refractivity contribution >= 4 is 35.0 Å². The van der Waals surface area contributed by atoms with Crippen molar-refractivity contribution in [2.24, 2.45) is 0 Å². The Bertz CT molecular complexity index is 1340. The van der Waals surface area contributed by atoms with Crippen LogP contribution in [0.25, 0.3) is 11.2 Å². The van der Waals surface area contributed by atoms with E-state index in [2.05, 4.69) is 15.1 Å². The lowest BCUT2D eigenvalue weighted by Crippen LogP contribution is -2.63. The first-order valence-corrected chi connectivity index (χ1v) is 12.3. The van der Waals surface area contributed by atoms with Gasteiger partial charge in [-0.15, -0.1) is 0 Å². The summed E-state index contributed by atoms with van der Waals surface area (Å²) in [5.41, 5.74) is -0.697. The molecule has 0 saturated carbocycles. The van der Waals surface area contributed by atoms with Gasteiger partial charge in [-0.3, -0.25) is 9.59 Å². The number of anilines is 2. The third kappa shape index (κ3) is 5.36. The predicted molar refractivity (Wildman–Crippen MR) is 134 cm³/mol. The summed E-state index contributed by atoms with van der Waals surface area (Å²) < 4.78 is 66.2. The van der Waals surface area contributed by atoms with Gasteiger partial charge in [0.2, 0.25) is 6.41 Å². The van der Waals surface area contributed by atoms with E-state index in [0.717, 1.165) is 16.8 Å². The number of fused-ring (bicyclic) bond motifs is 1. The quantitative estimate of drug-likeness (QED) is 0.311. The first-order valence-electron chi connectivity index (χ1n) is 12.3. The Morgan fingerprint density at radius 1 is 1.18 bits per heavy atom. The summed E-state index contributed by atoms with van der Waals surface area (Å²) in [5.74, 6) is -0.00718. The Morgan fingerprint density at radius 3 is 2.36 bits per heavy atom. The summed E-state index contributed by atoms with van der Waals surface area (Å²) in [5, 5.41) is 4.11. The van der Waals surface area contributed by atoms with Gasteiger partial charge < -0.3 is 14.7 Å². The van der Waals surface area contributed by atoms with Crippen molar-refractivity contribution in [3.63, 3.8) is 0 Å². The fourth-order valence-corrected chi connectivity index (χ4v) is 5.00. The zero-order valence-electron chi connectivity index (χ0n) is 21.6. The van der Waals surface area contributed by atoms with Crippen LogP contribution in [0, 0.1) is 6.92 Å². The van der Waals surface area contributed by atoms with Gasteiger partial charge in [0.25, 0.3) is 12.3 Å². The Labute approximate surface area is 221 Å². The molecule has 1 aliphatic rings. The van der Waals surface area contributed by atoms with E-state index < -0.39 is 36.2 Å². The van der Waals surface area contributed by atoms with Crippen molar-refractivity contribution in [3.05, 3.63) is 41.7 Å². The second kappa shape index (κ2) is 10.7. The molecule has 3 aromatic rings. The van der Waals surface area contributed by atoms with Crippen LogP contribution in [0.2, 0.25) is 0 Å². The number of aryl methyl sites for hydroxylation is 1. The molecule has 1 fully saturated rings. The zero-order valence-corrected chi connectivity index (χ0v) is 21.6. The number of halogens is 5. The van der Waals surface area contributed by atoms with Crippen LogP contribution >= 0.6 is 0 Å².